The van der Waals surface area contributed by atoms with Gasteiger partial charge in [0.2, 0.25) is 5.91 Å². The van der Waals surface area contributed by atoms with Gasteiger partial charge in [-0.2, -0.15) is 0 Å². The molecule has 1 aromatic carbocycles. The number of allylic oxidation sites excluding steroid dienone is 1. The van der Waals surface area contributed by atoms with Gasteiger partial charge in [0.25, 0.3) is 0 Å². The molecule has 0 aromatic heterocycles. The van der Waals surface area contributed by atoms with Crippen LogP contribution in [0.2, 0.25) is 0 Å². The van der Waals surface area contributed by atoms with Crippen molar-refractivity contribution in [1.29, 1.82) is 0 Å². The van der Waals surface area contributed by atoms with E-state index in [1.165, 1.54) is 12.1 Å². The Balaban J connectivity index is 2.17. The second-order valence-electron chi connectivity index (χ2n) is 4.50. The van der Waals surface area contributed by atoms with Crippen LogP contribution in [0.3, 0.4) is 0 Å². The molecular formula is C14H16FNO. The molecule has 0 atom stereocenters. The van der Waals surface area contributed by atoms with Crippen molar-refractivity contribution >= 4 is 11.5 Å². The van der Waals surface area contributed by atoms with Crippen LogP contribution in [0.15, 0.2) is 29.8 Å². The number of hydrogen-bond acceptors (Lipinski definition) is 1. The van der Waals surface area contributed by atoms with Gasteiger partial charge in [-0.15, -0.1) is 0 Å². The van der Waals surface area contributed by atoms with Gasteiger partial charge in [-0.1, -0.05) is 12.1 Å². The Morgan fingerprint density at radius 2 is 1.82 bits per heavy atom. The fourth-order valence-electron chi connectivity index (χ4n) is 1.61. The molecule has 1 fully saturated rings. The van der Waals surface area contributed by atoms with E-state index in [-0.39, 0.29) is 11.7 Å². The number of rotatable bonds is 3. The van der Waals surface area contributed by atoms with Gasteiger partial charge in [0.05, 0.1) is 0 Å². The maximum atomic E-state index is 12.8. The number of carbonyl (C=O) groups is 1. The molecule has 1 amide bonds. The van der Waals surface area contributed by atoms with Gasteiger partial charge >= 0.3 is 0 Å². The van der Waals surface area contributed by atoms with E-state index in [9.17, 15) is 9.18 Å². The third-order valence-corrected chi connectivity index (χ3v) is 3.09. The molecule has 2 rings (SSSR count). The zero-order valence-corrected chi connectivity index (χ0v) is 10.1. The summed E-state index contributed by atoms with van der Waals surface area (Å²) >= 11 is 0. The monoisotopic (exact) mass is 233 g/mol. The minimum Gasteiger partial charge on any atom is -0.350 e. The lowest BCUT2D eigenvalue weighted by Crippen LogP contribution is -2.26. The highest BCUT2D eigenvalue weighted by Crippen LogP contribution is 2.22. The molecule has 1 N–H and O–H groups in total. The van der Waals surface area contributed by atoms with Crippen LogP contribution in [-0.2, 0) is 4.79 Å². The van der Waals surface area contributed by atoms with E-state index in [0.29, 0.717) is 11.6 Å². The van der Waals surface area contributed by atoms with Gasteiger partial charge in [-0.25, -0.2) is 4.39 Å². The minimum atomic E-state index is -0.262. The normalized spacial score (nSPS) is 16.4. The maximum absolute atomic E-state index is 12.8. The van der Waals surface area contributed by atoms with Gasteiger partial charge in [-0.05, 0) is 50.0 Å². The highest BCUT2D eigenvalue weighted by molar-refractivity contribution is 6.00. The molecule has 1 saturated carbocycles. The molecule has 0 saturated heterocycles. The summed E-state index contributed by atoms with van der Waals surface area (Å²) in [6.45, 7) is 3.69. The third-order valence-electron chi connectivity index (χ3n) is 3.09. The number of halogens is 1. The Labute approximate surface area is 101 Å². The molecule has 0 unspecified atom stereocenters. The molecule has 0 bridgehead atoms. The molecule has 2 nitrogen and oxygen atoms in total. The molecule has 1 aromatic rings. The maximum Gasteiger partial charge on any atom is 0.247 e. The Morgan fingerprint density at radius 1 is 1.24 bits per heavy atom. The third kappa shape index (κ3) is 2.93. The van der Waals surface area contributed by atoms with Crippen LogP contribution in [0.1, 0.15) is 32.3 Å². The zero-order valence-electron chi connectivity index (χ0n) is 10.1. The van der Waals surface area contributed by atoms with Gasteiger partial charge in [0.1, 0.15) is 5.82 Å². The first kappa shape index (κ1) is 11.8. The molecule has 1 aliphatic rings. The first-order chi connectivity index (χ1) is 8.08. The summed E-state index contributed by atoms with van der Waals surface area (Å²) in [7, 11) is 0. The van der Waals surface area contributed by atoms with E-state index in [1.807, 2.05) is 6.92 Å². The summed E-state index contributed by atoms with van der Waals surface area (Å²) in [5.74, 6) is -0.282. The smallest absolute Gasteiger partial charge is 0.247 e. The van der Waals surface area contributed by atoms with Crippen LogP contribution in [0, 0.1) is 5.82 Å². The van der Waals surface area contributed by atoms with E-state index in [1.54, 1.807) is 19.1 Å². The van der Waals surface area contributed by atoms with E-state index in [4.69, 9.17) is 0 Å². The molecule has 0 radical (unpaired) electrons. The van der Waals surface area contributed by atoms with Crippen LogP contribution < -0.4 is 5.32 Å². The van der Waals surface area contributed by atoms with Crippen LogP contribution in [0.25, 0.3) is 5.57 Å². The summed E-state index contributed by atoms with van der Waals surface area (Å²) in [5.41, 5.74) is 2.47. The topological polar surface area (TPSA) is 29.1 Å². The van der Waals surface area contributed by atoms with Crippen molar-refractivity contribution in [3.63, 3.8) is 0 Å². The molecule has 17 heavy (non-hydrogen) atoms. The zero-order chi connectivity index (χ0) is 12.4. The summed E-state index contributed by atoms with van der Waals surface area (Å²) in [6.07, 6.45) is 2.16. The van der Waals surface area contributed by atoms with Gasteiger partial charge in [-0.3, -0.25) is 4.79 Å². The van der Waals surface area contributed by atoms with Crippen LogP contribution in [0.4, 0.5) is 4.39 Å². The number of hydrogen-bond donors (Lipinski definition) is 1. The molecule has 1 aliphatic carbocycles. The van der Waals surface area contributed by atoms with Crippen molar-refractivity contribution in [2.45, 2.75) is 32.7 Å². The Morgan fingerprint density at radius 3 is 2.35 bits per heavy atom. The number of carbonyl (C=O) groups excluding carboxylic acids is 1. The summed E-state index contributed by atoms with van der Waals surface area (Å²) in [4.78, 5) is 11.8. The lowest BCUT2D eigenvalue weighted by atomic mass is 10.0. The van der Waals surface area contributed by atoms with Crippen molar-refractivity contribution in [2.75, 3.05) is 0 Å². The quantitative estimate of drug-likeness (QED) is 0.799. The van der Waals surface area contributed by atoms with Crippen molar-refractivity contribution < 1.29 is 9.18 Å². The Kier molecular flexibility index (Phi) is 3.27. The number of benzene rings is 1. The molecule has 3 heteroatoms. The van der Waals surface area contributed by atoms with Crippen molar-refractivity contribution in [2.24, 2.45) is 0 Å². The summed E-state index contributed by atoms with van der Waals surface area (Å²) in [5, 5.41) is 2.94. The molecule has 90 valence electrons. The SMILES string of the molecule is C/C(C(=O)NC1CC1)=C(\C)c1ccc(F)cc1. The second-order valence-corrected chi connectivity index (χ2v) is 4.50. The van der Waals surface area contributed by atoms with Crippen molar-refractivity contribution in [3.8, 4) is 0 Å². The summed E-state index contributed by atoms with van der Waals surface area (Å²) in [6, 6.07) is 6.56. The lowest BCUT2D eigenvalue weighted by molar-refractivity contribution is -0.117. The fraction of sp³-hybridized carbons (Fsp3) is 0.357. The average molecular weight is 233 g/mol. The minimum absolute atomic E-state index is 0.0191. The second kappa shape index (κ2) is 4.70. The standard InChI is InChI=1S/C14H16FNO/c1-9(11-3-5-12(15)6-4-11)10(2)14(17)16-13-7-8-13/h3-6,13H,7-8H2,1-2H3,(H,16,17)/b10-9-. The Hall–Kier alpha value is -1.64. The fourth-order valence-corrected chi connectivity index (χ4v) is 1.61. The van der Waals surface area contributed by atoms with E-state index in [0.717, 1.165) is 24.0 Å². The highest BCUT2D eigenvalue weighted by atomic mass is 19.1. The van der Waals surface area contributed by atoms with Crippen LogP contribution in [0.5, 0.6) is 0 Å². The van der Waals surface area contributed by atoms with Crippen molar-refractivity contribution in [1.82, 2.24) is 5.32 Å². The largest absolute Gasteiger partial charge is 0.350 e. The average Bonchev–Trinajstić information content (AvgIpc) is 3.12. The van der Waals surface area contributed by atoms with Gasteiger partial charge < -0.3 is 5.32 Å². The van der Waals surface area contributed by atoms with Crippen LogP contribution in [-0.4, -0.2) is 11.9 Å². The van der Waals surface area contributed by atoms with E-state index < -0.39 is 0 Å². The molecule has 0 spiro atoms. The number of nitrogens with one attached hydrogen (secondary N) is 1. The Bertz CT molecular complexity index is 458. The number of amides is 1. The highest BCUT2D eigenvalue weighted by Gasteiger charge is 2.24. The van der Waals surface area contributed by atoms with Gasteiger partial charge in [0.15, 0.2) is 0 Å². The van der Waals surface area contributed by atoms with Crippen molar-refractivity contribution in [3.05, 3.63) is 41.2 Å². The first-order valence-electron chi connectivity index (χ1n) is 5.82. The lowest BCUT2D eigenvalue weighted by Gasteiger charge is -2.08. The predicted molar refractivity (Wildman–Crippen MR) is 65.8 cm³/mol. The molecular weight excluding hydrogens is 217 g/mol. The molecule has 0 aliphatic heterocycles. The molecule has 0 heterocycles. The van der Waals surface area contributed by atoms with Crippen LogP contribution >= 0.6 is 0 Å². The summed E-state index contributed by atoms with van der Waals surface area (Å²) < 4.78 is 12.8. The van der Waals surface area contributed by atoms with E-state index in [2.05, 4.69) is 5.32 Å². The van der Waals surface area contributed by atoms with E-state index >= 15 is 0 Å². The first-order valence-corrected chi connectivity index (χ1v) is 5.82. The van der Waals surface area contributed by atoms with Gasteiger partial charge in [0, 0.05) is 11.6 Å². The predicted octanol–water partition coefficient (Wildman–Crippen LogP) is 2.90.